The molecule has 1 unspecified atom stereocenters. The Hall–Kier alpha value is -1.18. The number of tetrazole rings is 1. The molecule has 0 fully saturated rings. The van der Waals surface area contributed by atoms with Gasteiger partial charge in [0, 0.05) is 7.05 Å². The summed E-state index contributed by atoms with van der Waals surface area (Å²) in [5.41, 5.74) is -1.79. The minimum absolute atomic E-state index is 0.150. The van der Waals surface area contributed by atoms with Gasteiger partial charge in [0.25, 0.3) is 0 Å². The largest absolute Gasteiger partial charge is 0.463 e. The Bertz CT molecular complexity index is 319. The molecule has 0 saturated carbocycles. The number of aromatic nitrogens is 4. The van der Waals surface area contributed by atoms with E-state index in [-0.39, 0.29) is 11.8 Å². The standard InChI is InChI=1S/C6H9FN4O2S/c1-3-13-5(12)4(7)14-6-8-9-10-11(6)2/h4H,3H2,1-2H3. The number of carbonyl (C=O) groups excluding carboxylic acids is 1. The molecule has 0 N–H and O–H groups in total. The van der Waals surface area contributed by atoms with E-state index in [2.05, 4.69) is 20.3 Å². The van der Waals surface area contributed by atoms with Crippen LogP contribution in [-0.4, -0.2) is 38.3 Å². The quantitative estimate of drug-likeness (QED) is 0.532. The van der Waals surface area contributed by atoms with E-state index in [9.17, 15) is 9.18 Å². The summed E-state index contributed by atoms with van der Waals surface area (Å²) in [7, 11) is 1.56. The summed E-state index contributed by atoms with van der Waals surface area (Å²) in [6, 6.07) is 0. The molecule has 0 aliphatic carbocycles. The highest BCUT2D eigenvalue weighted by atomic mass is 32.2. The molecule has 0 aliphatic heterocycles. The van der Waals surface area contributed by atoms with E-state index in [1.807, 2.05) is 0 Å². The molecule has 0 radical (unpaired) electrons. The van der Waals surface area contributed by atoms with Crippen LogP contribution in [0.25, 0.3) is 0 Å². The van der Waals surface area contributed by atoms with Gasteiger partial charge in [0.2, 0.25) is 10.7 Å². The molecule has 1 aromatic rings. The number of alkyl halides is 1. The fraction of sp³-hybridized carbons (Fsp3) is 0.667. The highest BCUT2D eigenvalue weighted by Crippen LogP contribution is 2.21. The minimum Gasteiger partial charge on any atom is -0.463 e. The summed E-state index contributed by atoms with van der Waals surface area (Å²) in [6.45, 7) is 1.76. The van der Waals surface area contributed by atoms with Crippen molar-refractivity contribution in [3.05, 3.63) is 0 Å². The highest BCUT2D eigenvalue weighted by Gasteiger charge is 2.22. The minimum atomic E-state index is -1.79. The van der Waals surface area contributed by atoms with Crippen molar-refractivity contribution in [3.8, 4) is 0 Å². The molecule has 6 nitrogen and oxygen atoms in total. The van der Waals surface area contributed by atoms with Crippen molar-refractivity contribution in [2.75, 3.05) is 6.61 Å². The summed E-state index contributed by atoms with van der Waals surface area (Å²) < 4.78 is 18.9. The fourth-order valence-electron chi connectivity index (χ4n) is 0.670. The van der Waals surface area contributed by atoms with Crippen LogP contribution in [0.4, 0.5) is 4.39 Å². The van der Waals surface area contributed by atoms with Crippen LogP contribution in [0.2, 0.25) is 0 Å². The molecule has 0 aromatic carbocycles. The number of thioether (sulfide) groups is 1. The van der Waals surface area contributed by atoms with Gasteiger partial charge in [-0.1, -0.05) is 0 Å². The topological polar surface area (TPSA) is 69.9 Å². The first-order chi connectivity index (χ1) is 6.65. The van der Waals surface area contributed by atoms with Gasteiger partial charge in [-0.3, -0.25) is 0 Å². The number of halogens is 1. The van der Waals surface area contributed by atoms with Crippen LogP contribution in [0.15, 0.2) is 5.16 Å². The summed E-state index contributed by atoms with van der Waals surface area (Å²) in [6.07, 6.45) is 0. The average Bonchev–Trinajstić information content (AvgIpc) is 2.52. The van der Waals surface area contributed by atoms with Crippen LogP contribution in [-0.2, 0) is 16.6 Å². The molecule has 1 atom stereocenters. The van der Waals surface area contributed by atoms with Gasteiger partial charge in [-0.15, -0.1) is 5.10 Å². The van der Waals surface area contributed by atoms with Gasteiger partial charge in [0.15, 0.2) is 0 Å². The van der Waals surface area contributed by atoms with Gasteiger partial charge in [-0.05, 0) is 29.1 Å². The second-order valence-electron chi connectivity index (χ2n) is 2.27. The lowest BCUT2D eigenvalue weighted by atomic mass is 10.7. The maximum atomic E-state index is 13.1. The Labute approximate surface area is 83.8 Å². The normalized spacial score (nSPS) is 12.5. The van der Waals surface area contributed by atoms with Crippen LogP contribution in [0, 0.1) is 0 Å². The molecular weight excluding hydrogens is 211 g/mol. The number of aryl methyl sites for hydroxylation is 1. The number of rotatable bonds is 4. The second kappa shape index (κ2) is 4.89. The predicted octanol–water partition coefficient (Wildman–Crippen LogP) is 0.161. The van der Waals surface area contributed by atoms with Crippen LogP contribution in [0.1, 0.15) is 6.92 Å². The van der Waals surface area contributed by atoms with E-state index in [4.69, 9.17) is 0 Å². The van der Waals surface area contributed by atoms with Gasteiger partial charge in [-0.2, -0.15) is 0 Å². The SMILES string of the molecule is CCOC(=O)C(F)Sc1nnnn1C. The van der Waals surface area contributed by atoms with Crippen molar-refractivity contribution in [2.45, 2.75) is 17.6 Å². The fourth-order valence-corrected chi connectivity index (χ4v) is 1.29. The molecule has 1 heterocycles. The molecule has 0 aliphatic rings. The van der Waals surface area contributed by atoms with Crippen LogP contribution in [0.3, 0.4) is 0 Å². The summed E-state index contributed by atoms with van der Waals surface area (Å²) >= 11 is 0.611. The van der Waals surface area contributed by atoms with Gasteiger partial charge >= 0.3 is 5.97 Å². The summed E-state index contributed by atoms with van der Waals surface area (Å²) in [5, 5.41) is 10.5. The van der Waals surface area contributed by atoms with Crippen molar-refractivity contribution in [3.63, 3.8) is 0 Å². The molecule has 1 aromatic heterocycles. The molecule has 0 saturated heterocycles. The Morgan fingerprint density at radius 3 is 3.00 bits per heavy atom. The lowest BCUT2D eigenvalue weighted by molar-refractivity contribution is -0.145. The predicted molar refractivity (Wildman–Crippen MR) is 46.2 cm³/mol. The molecule has 1 rings (SSSR count). The van der Waals surface area contributed by atoms with Crippen molar-refractivity contribution in [1.29, 1.82) is 0 Å². The van der Waals surface area contributed by atoms with Gasteiger partial charge in [0.05, 0.1) is 6.61 Å². The molecule has 78 valence electrons. The molecule has 8 heteroatoms. The van der Waals surface area contributed by atoms with E-state index >= 15 is 0 Å². The van der Waals surface area contributed by atoms with Gasteiger partial charge in [-0.25, -0.2) is 13.9 Å². The third kappa shape index (κ3) is 2.66. The molecule has 14 heavy (non-hydrogen) atoms. The lowest BCUT2D eigenvalue weighted by Crippen LogP contribution is -2.16. The number of hydrogen-bond donors (Lipinski definition) is 0. The number of nitrogens with zero attached hydrogens (tertiary/aromatic N) is 4. The Morgan fingerprint density at radius 1 is 1.79 bits per heavy atom. The summed E-state index contributed by atoms with van der Waals surface area (Å²) in [5.74, 6) is -0.916. The average molecular weight is 220 g/mol. The second-order valence-corrected chi connectivity index (χ2v) is 3.29. The number of ether oxygens (including phenoxy) is 1. The maximum absolute atomic E-state index is 13.1. The molecule has 0 bridgehead atoms. The Morgan fingerprint density at radius 2 is 2.50 bits per heavy atom. The van der Waals surface area contributed by atoms with Crippen molar-refractivity contribution >= 4 is 17.7 Å². The highest BCUT2D eigenvalue weighted by molar-refractivity contribution is 8.00. The van der Waals surface area contributed by atoms with Crippen molar-refractivity contribution < 1.29 is 13.9 Å². The zero-order valence-corrected chi connectivity index (χ0v) is 8.49. The van der Waals surface area contributed by atoms with Crippen LogP contribution < -0.4 is 0 Å². The summed E-state index contributed by atoms with van der Waals surface area (Å²) in [4.78, 5) is 10.9. The van der Waals surface area contributed by atoms with E-state index in [0.29, 0.717) is 11.8 Å². The molecular formula is C6H9FN4O2S. The third-order valence-electron chi connectivity index (χ3n) is 1.26. The Kier molecular flexibility index (Phi) is 3.81. The number of carbonyl (C=O) groups is 1. The van der Waals surface area contributed by atoms with Crippen LogP contribution in [0.5, 0.6) is 0 Å². The van der Waals surface area contributed by atoms with Crippen LogP contribution >= 0.6 is 11.8 Å². The third-order valence-corrected chi connectivity index (χ3v) is 2.22. The first-order valence-electron chi connectivity index (χ1n) is 3.85. The zero-order chi connectivity index (χ0) is 10.6. The Balaban J connectivity index is 2.52. The van der Waals surface area contributed by atoms with E-state index < -0.39 is 11.5 Å². The lowest BCUT2D eigenvalue weighted by Gasteiger charge is -2.04. The van der Waals surface area contributed by atoms with E-state index in [0.717, 1.165) is 0 Å². The monoisotopic (exact) mass is 220 g/mol. The van der Waals surface area contributed by atoms with Crippen molar-refractivity contribution in [1.82, 2.24) is 20.2 Å². The molecule has 0 spiro atoms. The zero-order valence-electron chi connectivity index (χ0n) is 7.68. The first kappa shape index (κ1) is 10.9. The maximum Gasteiger partial charge on any atom is 0.351 e. The first-order valence-corrected chi connectivity index (χ1v) is 4.72. The van der Waals surface area contributed by atoms with Gasteiger partial charge < -0.3 is 4.74 Å². The smallest absolute Gasteiger partial charge is 0.351 e. The van der Waals surface area contributed by atoms with Gasteiger partial charge in [0.1, 0.15) is 0 Å². The van der Waals surface area contributed by atoms with E-state index in [1.165, 1.54) is 4.68 Å². The molecule has 0 amide bonds. The van der Waals surface area contributed by atoms with E-state index in [1.54, 1.807) is 14.0 Å². The number of hydrogen-bond acceptors (Lipinski definition) is 6. The number of esters is 1. The van der Waals surface area contributed by atoms with Crippen molar-refractivity contribution in [2.24, 2.45) is 7.05 Å².